The number of aliphatic hydroxyl groups excluding tert-OH is 1. The van der Waals surface area contributed by atoms with Crippen LogP contribution < -0.4 is 0 Å². The highest BCUT2D eigenvalue weighted by Gasteiger charge is 2.53. The van der Waals surface area contributed by atoms with Crippen molar-refractivity contribution in [2.45, 2.75) is 180 Å². The standard InChI is InChI=1S/C52H79N5O12/c1-31-16-12-11-13-17-32(2)43(65-8)28-39-21-19-37(7)52(64,69-39)49(61)50(62)56-23-15-14-18-41(56)51(63)68-44(34(4)26-38-20-22-40(45(27-38)66-9)57-54-30-53-55-57)29-42(58)33(3)25-36(6)47(60)48(67-10)46(59)35(5)24-31/h11-13,16-17,25,30-31,34-41,43-45,47-48,60,64H,14-15,18-24,26-29H2,1-10H3/b13-11?,16-12+,32-17?,33-25?/t31-,34-,35+,36?,37-,38?,39+,40+,41+,43+,44+,45-,47-,48+,52-/m1/s1. The average Bonchev–Trinajstić information content (AvgIpc) is 3.88. The summed E-state index contributed by atoms with van der Waals surface area (Å²) in [6, 6.07) is -1.25. The van der Waals surface area contributed by atoms with Crippen molar-refractivity contribution in [3.8, 4) is 0 Å². The minimum atomic E-state index is -2.43. The van der Waals surface area contributed by atoms with Crippen LogP contribution in [0, 0.1) is 35.5 Å². The molecule has 2 saturated heterocycles. The summed E-state index contributed by atoms with van der Waals surface area (Å²) in [7, 11) is 4.62. The SMILES string of the molecule is CO[C@H]1C[C@@H]2CC[C@@H](C)[C@@](O)(O2)C(=O)C(=O)N2CCCC[C@H]2C(=O)O[C@H]([C@H](C)CC2CC[C@H](n3ncnn3)[C@H](OC)C2)CC(=O)C(C)=CC(C)[C@@H](O)[C@@H](OC)C(=O)[C@@H](C)C[C@H](C)/C=C/C=CC=C1C. The summed E-state index contributed by atoms with van der Waals surface area (Å²) in [5.41, 5.74) is 1.20. The Morgan fingerprint density at radius 1 is 0.899 bits per heavy atom. The maximum atomic E-state index is 14.5. The molecule has 3 aliphatic heterocycles. The maximum absolute atomic E-state index is 14.5. The highest BCUT2D eigenvalue weighted by atomic mass is 16.6. The molecule has 0 radical (unpaired) electrons. The number of aliphatic hydroxyl groups is 2. The second-order valence-electron chi connectivity index (χ2n) is 20.4. The molecule has 1 saturated carbocycles. The lowest BCUT2D eigenvalue weighted by molar-refractivity contribution is -0.265. The van der Waals surface area contributed by atoms with Crippen LogP contribution in [0.5, 0.6) is 0 Å². The van der Waals surface area contributed by atoms with Crippen LogP contribution in [0.3, 0.4) is 0 Å². The van der Waals surface area contributed by atoms with Crippen LogP contribution in [0.15, 0.2) is 53.9 Å². The Kier molecular flexibility index (Phi) is 20.8. The van der Waals surface area contributed by atoms with Gasteiger partial charge in [0, 0.05) is 58.5 Å². The van der Waals surface area contributed by atoms with Crippen LogP contribution in [0.4, 0.5) is 0 Å². The molecule has 15 atom stereocenters. The monoisotopic (exact) mass is 966 g/mol. The van der Waals surface area contributed by atoms with Crippen LogP contribution in [-0.2, 0) is 47.7 Å². The number of Topliss-reactive ketones (excluding diaryl/α,β-unsaturated/α-hetero) is 3. The van der Waals surface area contributed by atoms with E-state index in [0.29, 0.717) is 56.9 Å². The lowest BCUT2D eigenvalue weighted by Gasteiger charge is -2.42. The predicted molar refractivity (Wildman–Crippen MR) is 256 cm³/mol. The molecular formula is C52H79N5O12. The van der Waals surface area contributed by atoms with Gasteiger partial charge in [-0.05, 0) is 112 Å². The first-order valence-electron chi connectivity index (χ1n) is 25.0. The fourth-order valence-electron chi connectivity index (χ4n) is 10.7. The molecule has 5 rings (SSSR count). The zero-order valence-electron chi connectivity index (χ0n) is 42.5. The van der Waals surface area contributed by atoms with E-state index in [1.165, 1.54) is 18.3 Å². The molecule has 1 amide bonds. The molecule has 1 aromatic heterocycles. The summed E-state index contributed by atoms with van der Waals surface area (Å²) in [6.45, 7) is 12.8. The number of esters is 1. The Bertz CT molecular complexity index is 2020. The van der Waals surface area contributed by atoms with Crippen molar-refractivity contribution in [3.63, 3.8) is 0 Å². The number of rotatable bonds is 7. The maximum Gasteiger partial charge on any atom is 0.329 e. The average molecular weight is 966 g/mol. The van der Waals surface area contributed by atoms with Crippen molar-refractivity contribution in [1.29, 1.82) is 0 Å². The van der Waals surface area contributed by atoms with Gasteiger partial charge in [0.2, 0.25) is 5.79 Å². The van der Waals surface area contributed by atoms with E-state index in [2.05, 4.69) is 15.4 Å². The van der Waals surface area contributed by atoms with E-state index >= 15 is 0 Å². The molecule has 4 heterocycles. The molecule has 0 aromatic carbocycles. The van der Waals surface area contributed by atoms with E-state index in [9.17, 15) is 34.2 Å². The van der Waals surface area contributed by atoms with Crippen molar-refractivity contribution < 1.29 is 57.9 Å². The third kappa shape index (κ3) is 14.2. The molecule has 3 fully saturated rings. The Morgan fingerprint density at radius 2 is 1.65 bits per heavy atom. The summed E-state index contributed by atoms with van der Waals surface area (Å²) >= 11 is 0. The van der Waals surface area contributed by atoms with Crippen molar-refractivity contribution in [2.24, 2.45) is 35.5 Å². The van der Waals surface area contributed by atoms with Crippen molar-refractivity contribution in [3.05, 3.63) is 53.9 Å². The molecule has 4 aliphatic rings. The van der Waals surface area contributed by atoms with Crippen LogP contribution in [0.1, 0.15) is 132 Å². The van der Waals surface area contributed by atoms with Gasteiger partial charge in [0.15, 0.2) is 17.9 Å². The number of methoxy groups -OCH3 is 3. The molecule has 17 heteroatoms. The number of aromatic nitrogens is 4. The first-order valence-corrected chi connectivity index (χ1v) is 25.0. The Labute approximate surface area is 408 Å². The number of nitrogens with zero attached hydrogens (tertiary/aromatic N) is 5. The second-order valence-corrected chi connectivity index (χ2v) is 20.4. The van der Waals surface area contributed by atoms with E-state index in [4.69, 9.17) is 23.7 Å². The van der Waals surface area contributed by atoms with Gasteiger partial charge >= 0.3 is 5.97 Å². The van der Waals surface area contributed by atoms with Gasteiger partial charge in [-0.15, -0.1) is 10.2 Å². The van der Waals surface area contributed by atoms with E-state index in [-0.39, 0.29) is 60.9 Å². The zero-order chi connectivity index (χ0) is 50.6. The van der Waals surface area contributed by atoms with E-state index in [1.807, 2.05) is 58.1 Å². The van der Waals surface area contributed by atoms with Gasteiger partial charge < -0.3 is 38.8 Å². The summed E-state index contributed by atoms with van der Waals surface area (Å²) in [5, 5.41) is 35.7. The molecule has 2 bridgehead atoms. The highest BCUT2D eigenvalue weighted by molar-refractivity contribution is 6.39. The second kappa shape index (κ2) is 25.7. The van der Waals surface area contributed by atoms with Gasteiger partial charge in [0.25, 0.3) is 11.7 Å². The van der Waals surface area contributed by atoms with Crippen molar-refractivity contribution in [1.82, 2.24) is 25.1 Å². The lowest BCUT2D eigenvalue weighted by Crippen LogP contribution is -2.61. The highest BCUT2D eigenvalue weighted by Crippen LogP contribution is 2.39. The third-order valence-electron chi connectivity index (χ3n) is 15.2. The van der Waals surface area contributed by atoms with Gasteiger partial charge in [-0.3, -0.25) is 19.2 Å². The van der Waals surface area contributed by atoms with E-state index < -0.39 is 77.8 Å². The smallest absolute Gasteiger partial charge is 0.329 e. The fourth-order valence-corrected chi connectivity index (χ4v) is 10.7. The molecule has 1 aromatic rings. The normalized spacial score (nSPS) is 36.8. The summed E-state index contributed by atoms with van der Waals surface area (Å²) in [5.74, 6) is -7.91. The summed E-state index contributed by atoms with van der Waals surface area (Å²) < 4.78 is 29.9. The Balaban J connectivity index is 1.46. The van der Waals surface area contributed by atoms with Crippen LogP contribution in [-0.4, -0.2) is 141 Å². The molecule has 17 nitrogen and oxygen atoms in total. The number of allylic oxidation sites excluding steroid dienone is 6. The van der Waals surface area contributed by atoms with Crippen molar-refractivity contribution >= 4 is 29.2 Å². The number of ether oxygens (including phenoxy) is 5. The quantitative estimate of drug-likeness (QED) is 0.235. The number of cyclic esters (lactones) is 1. The predicted octanol–water partition coefficient (Wildman–Crippen LogP) is 6.05. The first kappa shape index (κ1) is 55.7. The number of ketones is 3. The first-order chi connectivity index (χ1) is 32.8. The number of hydrogen-bond donors (Lipinski definition) is 2. The summed E-state index contributed by atoms with van der Waals surface area (Å²) in [4.78, 5) is 73.9. The van der Waals surface area contributed by atoms with Gasteiger partial charge in [-0.1, -0.05) is 71.1 Å². The number of carbonyl (C=O) groups excluding carboxylic acids is 5. The van der Waals surface area contributed by atoms with Crippen LogP contribution >= 0.6 is 0 Å². The van der Waals surface area contributed by atoms with E-state index in [0.717, 1.165) is 18.4 Å². The molecular weight excluding hydrogens is 887 g/mol. The van der Waals surface area contributed by atoms with Crippen molar-refractivity contribution in [2.75, 3.05) is 27.9 Å². The number of carbonyl (C=O) groups is 5. The number of amides is 1. The fraction of sp³-hybridized carbons (Fsp3) is 0.731. The molecule has 69 heavy (non-hydrogen) atoms. The minimum Gasteiger partial charge on any atom is -0.460 e. The number of hydrogen-bond acceptors (Lipinski definition) is 15. The van der Waals surface area contributed by atoms with E-state index in [1.54, 1.807) is 45.9 Å². The minimum absolute atomic E-state index is 0.0195. The Hall–Kier alpha value is -4.26. The zero-order valence-corrected chi connectivity index (χ0v) is 42.5. The summed E-state index contributed by atoms with van der Waals surface area (Å²) in [6.07, 6.45) is 13.7. The number of tetrazole rings is 1. The molecule has 2 unspecified atom stereocenters. The number of piperidine rings is 1. The van der Waals surface area contributed by atoms with Gasteiger partial charge in [0.1, 0.15) is 18.2 Å². The van der Waals surface area contributed by atoms with Gasteiger partial charge in [-0.2, -0.15) is 4.80 Å². The molecule has 1 aliphatic carbocycles. The third-order valence-corrected chi connectivity index (χ3v) is 15.2. The van der Waals surface area contributed by atoms with Gasteiger partial charge in [0.05, 0.1) is 30.5 Å². The van der Waals surface area contributed by atoms with Gasteiger partial charge in [-0.25, -0.2) is 4.79 Å². The van der Waals surface area contributed by atoms with Crippen LogP contribution in [0.2, 0.25) is 0 Å². The number of fused-ring (bicyclic) bond motifs is 3. The Morgan fingerprint density at radius 3 is 2.33 bits per heavy atom. The molecule has 2 N–H and O–H groups in total. The molecule has 384 valence electrons. The topological polar surface area (TPSA) is 219 Å². The lowest BCUT2D eigenvalue weighted by atomic mass is 9.78. The van der Waals surface area contributed by atoms with Crippen LogP contribution in [0.25, 0.3) is 0 Å². The largest absolute Gasteiger partial charge is 0.460 e. The molecule has 0 spiro atoms.